The van der Waals surface area contributed by atoms with Crippen LogP contribution in [0.2, 0.25) is 0 Å². The Morgan fingerprint density at radius 1 is 1.69 bits per heavy atom. The maximum Gasteiger partial charge on any atom is 0.317 e. The molecule has 0 aromatic rings. The third kappa shape index (κ3) is 3.22. The fourth-order valence-corrected chi connectivity index (χ4v) is 1.28. The van der Waals surface area contributed by atoms with Crippen LogP contribution in [0, 0.1) is 0 Å². The second-order valence-electron chi connectivity index (χ2n) is 3.38. The summed E-state index contributed by atoms with van der Waals surface area (Å²) in [5.41, 5.74) is 0. The molecule has 1 fully saturated rings. The Kier molecular flexibility index (Phi) is 4.02. The van der Waals surface area contributed by atoms with Crippen LogP contribution in [0.15, 0.2) is 0 Å². The molecule has 1 N–H and O–H groups in total. The van der Waals surface area contributed by atoms with Crippen molar-refractivity contribution >= 4 is 6.03 Å². The quantitative estimate of drug-likeness (QED) is 0.694. The molecule has 76 valence electrons. The van der Waals surface area contributed by atoms with E-state index in [9.17, 15) is 4.79 Å². The number of urea groups is 1. The zero-order valence-electron chi connectivity index (χ0n) is 8.38. The van der Waals surface area contributed by atoms with Crippen molar-refractivity contribution < 1.29 is 9.53 Å². The van der Waals surface area contributed by atoms with E-state index in [4.69, 9.17) is 4.74 Å². The zero-order valence-corrected chi connectivity index (χ0v) is 8.38. The molecular weight excluding hydrogens is 168 g/mol. The molecule has 0 bridgehead atoms. The summed E-state index contributed by atoms with van der Waals surface area (Å²) in [6, 6.07) is 0.202. The van der Waals surface area contributed by atoms with Crippen LogP contribution in [0.25, 0.3) is 0 Å². The van der Waals surface area contributed by atoms with Gasteiger partial charge in [-0.05, 0) is 19.8 Å². The maximum absolute atomic E-state index is 11.4. The lowest BCUT2D eigenvalue weighted by molar-refractivity contribution is 0.0713. The molecule has 0 aliphatic carbocycles. The van der Waals surface area contributed by atoms with E-state index in [0.717, 1.165) is 26.0 Å². The van der Waals surface area contributed by atoms with Crippen LogP contribution >= 0.6 is 0 Å². The van der Waals surface area contributed by atoms with Crippen molar-refractivity contribution in [1.82, 2.24) is 10.2 Å². The normalized spacial score (nSPS) is 22.5. The highest BCUT2D eigenvalue weighted by atomic mass is 16.5. The van der Waals surface area contributed by atoms with E-state index in [0.29, 0.717) is 6.61 Å². The lowest BCUT2D eigenvalue weighted by Crippen LogP contribution is -2.46. The van der Waals surface area contributed by atoms with Crippen LogP contribution in [0.3, 0.4) is 0 Å². The Morgan fingerprint density at radius 3 is 3.00 bits per heavy atom. The van der Waals surface area contributed by atoms with E-state index < -0.39 is 0 Å². The molecule has 2 amide bonds. The molecule has 0 spiro atoms. The molecule has 0 saturated carbocycles. The molecule has 0 aromatic heterocycles. The topological polar surface area (TPSA) is 41.6 Å². The molecule has 1 atom stereocenters. The Morgan fingerprint density at radius 2 is 2.46 bits per heavy atom. The fraction of sp³-hybridized carbons (Fsp3) is 0.889. The summed E-state index contributed by atoms with van der Waals surface area (Å²) in [4.78, 5) is 13.1. The van der Waals surface area contributed by atoms with Crippen LogP contribution in [0.4, 0.5) is 4.79 Å². The van der Waals surface area contributed by atoms with Crippen molar-refractivity contribution in [2.24, 2.45) is 0 Å². The number of hydrogen-bond acceptors (Lipinski definition) is 2. The molecule has 0 radical (unpaired) electrons. The van der Waals surface area contributed by atoms with Crippen LogP contribution in [-0.4, -0.2) is 43.8 Å². The summed E-state index contributed by atoms with van der Waals surface area (Å²) in [6.07, 6.45) is 2.07. The molecule has 1 aliphatic heterocycles. The van der Waals surface area contributed by atoms with Crippen LogP contribution in [0.1, 0.15) is 19.8 Å². The summed E-state index contributed by atoms with van der Waals surface area (Å²) in [5.74, 6) is 0. The molecule has 1 unspecified atom stereocenters. The smallest absolute Gasteiger partial charge is 0.317 e. The Labute approximate surface area is 79.2 Å². The average molecular weight is 186 g/mol. The number of nitrogens with one attached hydrogen (secondary N) is 1. The monoisotopic (exact) mass is 186 g/mol. The van der Waals surface area contributed by atoms with Crippen LogP contribution in [0.5, 0.6) is 0 Å². The fourth-order valence-electron chi connectivity index (χ4n) is 1.28. The number of carbonyl (C=O) groups excluding carboxylic acids is 1. The van der Waals surface area contributed by atoms with E-state index >= 15 is 0 Å². The van der Waals surface area contributed by atoms with Crippen LogP contribution in [-0.2, 0) is 4.74 Å². The number of amides is 2. The van der Waals surface area contributed by atoms with Gasteiger partial charge in [0.15, 0.2) is 0 Å². The van der Waals surface area contributed by atoms with E-state index in [1.165, 1.54) is 0 Å². The van der Waals surface area contributed by atoms with E-state index in [1.54, 1.807) is 11.9 Å². The molecule has 0 aromatic carbocycles. The molecule has 4 heteroatoms. The van der Waals surface area contributed by atoms with E-state index in [-0.39, 0.29) is 12.1 Å². The van der Waals surface area contributed by atoms with Crippen molar-refractivity contribution in [3.05, 3.63) is 0 Å². The predicted octanol–water partition coefficient (Wildman–Crippen LogP) is 0.827. The first-order chi connectivity index (χ1) is 6.24. The Bertz CT molecular complexity index is 167. The second kappa shape index (κ2) is 5.07. The minimum absolute atomic E-state index is 0.00185. The third-order valence-electron chi connectivity index (χ3n) is 2.31. The highest BCUT2D eigenvalue weighted by molar-refractivity contribution is 5.74. The van der Waals surface area contributed by atoms with E-state index in [2.05, 4.69) is 5.32 Å². The molecule has 4 nitrogen and oxygen atoms in total. The summed E-state index contributed by atoms with van der Waals surface area (Å²) < 4.78 is 5.26. The SMILES string of the molecule is CCN(C)C(=O)NC1CCCOC1. The lowest BCUT2D eigenvalue weighted by Gasteiger charge is -2.25. The van der Waals surface area contributed by atoms with Gasteiger partial charge in [-0.1, -0.05) is 0 Å². The first kappa shape index (κ1) is 10.3. The largest absolute Gasteiger partial charge is 0.379 e. The number of hydrogen-bond donors (Lipinski definition) is 1. The summed E-state index contributed by atoms with van der Waals surface area (Å²) in [5, 5.41) is 2.93. The van der Waals surface area contributed by atoms with Gasteiger partial charge in [-0.25, -0.2) is 4.79 Å². The van der Waals surface area contributed by atoms with Gasteiger partial charge in [0.25, 0.3) is 0 Å². The minimum Gasteiger partial charge on any atom is -0.379 e. The van der Waals surface area contributed by atoms with Gasteiger partial charge >= 0.3 is 6.03 Å². The molecule has 1 saturated heterocycles. The number of rotatable bonds is 2. The highest BCUT2D eigenvalue weighted by Crippen LogP contribution is 2.05. The van der Waals surface area contributed by atoms with E-state index in [1.807, 2.05) is 6.92 Å². The van der Waals surface area contributed by atoms with Gasteiger partial charge in [-0.2, -0.15) is 0 Å². The minimum atomic E-state index is -0.00185. The van der Waals surface area contributed by atoms with Gasteiger partial charge in [0, 0.05) is 20.2 Å². The summed E-state index contributed by atoms with van der Waals surface area (Å²) >= 11 is 0. The number of nitrogens with zero attached hydrogens (tertiary/aromatic N) is 1. The van der Waals surface area contributed by atoms with Crippen molar-refractivity contribution in [1.29, 1.82) is 0 Å². The van der Waals surface area contributed by atoms with Crippen molar-refractivity contribution in [2.45, 2.75) is 25.8 Å². The van der Waals surface area contributed by atoms with Gasteiger partial charge in [0.2, 0.25) is 0 Å². The molecule has 13 heavy (non-hydrogen) atoms. The van der Waals surface area contributed by atoms with Gasteiger partial charge < -0.3 is 15.0 Å². The predicted molar refractivity (Wildman–Crippen MR) is 50.7 cm³/mol. The molecule has 1 heterocycles. The standard InChI is InChI=1S/C9H18N2O2/c1-3-11(2)9(12)10-8-5-4-6-13-7-8/h8H,3-7H2,1-2H3,(H,10,12). The first-order valence-corrected chi connectivity index (χ1v) is 4.83. The Balaban J connectivity index is 2.26. The van der Waals surface area contributed by atoms with Crippen LogP contribution < -0.4 is 5.32 Å². The van der Waals surface area contributed by atoms with Crippen molar-refractivity contribution in [3.63, 3.8) is 0 Å². The van der Waals surface area contributed by atoms with Gasteiger partial charge in [-0.15, -0.1) is 0 Å². The zero-order chi connectivity index (χ0) is 9.68. The lowest BCUT2D eigenvalue weighted by atomic mass is 10.1. The first-order valence-electron chi connectivity index (χ1n) is 4.83. The van der Waals surface area contributed by atoms with Gasteiger partial charge in [0.05, 0.1) is 12.6 Å². The molecule has 1 rings (SSSR count). The van der Waals surface area contributed by atoms with Crippen molar-refractivity contribution in [3.8, 4) is 0 Å². The molecular formula is C9H18N2O2. The van der Waals surface area contributed by atoms with Gasteiger partial charge in [-0.3, -0.25) is 0 Å². The number of ether oxygens (including phenoxy) is 1. The second-order valence-corrected chi connectivity index (χ2v) is 3.38. The molecule has 1 aliphatic rings. The summed E-state index contributed by atoms with van der Waals surface area (Å²) in [6.45, 7) is 4.18. The maximum atomic E-state index is 11.4. The Hall–Kier alpha value is -0.770. The number of carbonyl (C=O) groups is 1. The highest BCUT2D eigenvalue weighted by Gasteiger charge is 2.17. The average Bonchev–Trinajstić information content (AvgIpc) is 2.18. The summed E-state index contributed by atoms with van der Waals surface area (Å²) in [7, 11) is 1.79. The third-order valence-corrected chi connectivity index (χ3v) is 2.31. The van der Waals surface area contributed by atoms with Gasteiger partial charge in [0.1, 0.15) is 0 Å². The van der Waals surface area contributed by atoms with Crippen molar-refractivity contribution in [2.75, 3.05) is 26.8 Å².